The Kier molecular flexibility index (Phi) is 5.16. The number of hydrogen-bond acceptors (Lipinski definition) is 4. The molecular weight excluding hydrogens is 336 g/mol. The fourth-order valence-corrected chi connectivity index (χ4v) is 2.30. The SMILES string of the molecule is COc1ccccc1CCNc1ncc(Br)cc1C(=O)O. The summed E-state index contributed by atoms with van der Waals surface area (Å²) >= 11 is 3.22. The summed E-state index contributed by atoms with van der Waals surface area (Å²) in [5.74, 6) is 0.172. The second-order valence-electron chi connectivity index (χ2n) is 4.34. The molecule has 0 saturated carbocycles. The summed E-state index contributed by atoms with van der Waals surface area (Å²) in [5.41, 5.74) is 1.20. The number of carbonyl (C=O) groups is 1. The molecule has 0 aliphatic carbocycles. The number of carboxylic acids is 1. The Balaban J connectivity index is 2.05. The van der Waals surface area contributed by atoms with Gasteiger partial charge in [-0.25, -0.2) is 9.78 Å². The van der Waals surface area contributed by atoms with Crippen LogP contribution in [0.1, 0.15) is 15.9 Å². The number of anilines is 1. The van der Waals surface area contributed by atoms with Crippen molar-refractivity contribution in [3.63, 3.8) is 0 Å². The van der Waals surface area contributed by atoms with Crippen LogP contribution in [0.15, 0.2) is 41.0 Å². The number of para-hydroxylation sites is 1. The molecule has 0 radical (unpaired) electrons. The van der Waals surface area contributed by atoms with E-state index in [4.69, 9.17) is 9.84 Å². The predicted molar refractivity (Wildman–Crippen MR) is 84.1 cm³/mol. The first-order valence-corrected chi connectivity index (χ1v) is 7.15. The molecule has 21 heavy (non-hydrogen) atoms. The first-order chi connectivity index (χ1) is 10.1. The Morgan fingerprint density at radius 3 is 2.90 bits per heavy atom. The number of nitrogens with one attached hydrogen (secondary N) is 1. The number of ether oxygens (including phenoxy) is 1. The third-order valence-corrected chi connectivity index (χ3v) is 3.40. The van der Waals surface area contributed by atoms with Gasteiger partial charge in [0.2, 0.25) is 0 Å². The monoisotopic (exact) mass is 350 g/mol. The Morgan fingerprint density at radius 2 is 2.19 bits per heavy atom. The Morgan fingerprint density at radius 1 is 1.43 bits per heavy atom. The second kappa shape index (κ2) is 7.08. The number of aromatic nitrogens is 1. The number of benzene rings is 1. The van der Waals surface area contributed by atoms with Gasteiger partial charge in [-0.2, -0.15) is 0 Å². The van der Waals surface area contributed by atoms with Crippen molar-refractivity contribution in [2.24, 2.45) is 0 Å². The van der Waals surface area contributed by atoms with Gasteiger partial charge in [-0.05, 0) is 40.0 Å². The summed E-state index contributed by atoms with van der Waals surface area (Å²) in [5, 5.41) is 12.2. The van der Waals surface area contributed by atoms with Gasteiger partial charge in [0, 0.05) is 17.2 Å². The highest BCUT2D eigenvalue weighted by Gasteiger charge is 2.12. The molecule has 1 aromatic heterocycles. The van der Waals surface area contributed by atoms with Crippen LogP contribution in [0.4, 0.5) is 5.82 Å². The van der Waals surface area contributed by atoms with Crippen LogP contribution in [0.25, 0.3) is 0 Å². The standard InChI is InChI=1S/C15H15BrN2O3/c1-21-13-5-3-2-4-10(13)6-7-17-14-12(15(19)20)8-11(16)9-18-14/h2-5,8-9H,6-7H2,1H3,(H,17,18)(H,19,20). The maximum atomic E-state index is 11.2. The fourth-order valence-electron chi connectivity index (χ4n) is 1.97. The first kappa shape index (κ1) is 15.3. The molecule has 1 heterocycles. The largest absolute Gasteiger partial charge is 0.496 e. The summed E-state index contributed by atoms with van der Waals surface area (Å²) in [4.78, 5) is 15.3. The minimum Gasteiger partial charge on any atom is -0.496 e. The maximum absolute atomic E-state index is 11.2. The third kappa shape index (κ3) is 3.95. The van der Waals surface area contributed by atoms with Crippen LogP contribution < -0.4 is 10.1 Å². The number of carboxylic acid groups (broad SMARTS) is 1. The average molecular weight is 351 g/mol. The lowest BCUT2D eigenvalue weighted by Gasteiger charge is -2.11. The molecule has 2 N–H and O–H groups in total. The number of pyridine rings is 1. The van der Waals surface area contributed by atoms with E-state index in [0.29, 0.717) is 23.3 Å². The lowest BCUT2D eigenvalue weighted by atomic mass is 10.1. The van der Waals surface area contributed by atoms with E-state index in [9.17, 15) is 4.79 Å². The summed E-state index contributed by atoms with van der Waals surface area (Å²) in [6, 6.07) is 9.26. The quantitative estimate of drug-likeness (QED) is 0.836. The molecule has 2 aromatic rings. The molecule has 5 nitrogen and oxygen atoms in total. The van der Waals surface area contributed by atoms with Crippen molar-refractivity contribution in [2.75, 3.05) is 19.0 Å². The third-order valence-electron chi connectivity index (χ3n) is 2.96. The summed E-state index contributed by atoms with van der Waals surface area (Å²) < 4.78 is 5.92. The smallest absolute Gasteiger partial charge is 0.339 e. The summed E-state index contributed by atoms with van der Waals surface area (Å²) in [6.07, 6.45) is 2.28. The molecule has 0 unspecified atom stereocenters. The number of aromatic carboxylic acids is 1. The van der Waals surface area contributed by atoms with Crippen molar-refractivity contribution in [3.8, 4) is 5.75 Å². The zero-order chi connectivity index (χ0) is 15.2. The van der Waals surface area contributed by atoms with E-state index in [1.54, 1.807) is 13.3 Å². The Hall–Kier alpha value is -2.08. The van der Waals surface area contributed by atoms with Crippen molar-refractivity contribution < 1.29 is 14.6 Å². The molecular formula is C15H15BrN2O3. The van der Waals surface area contributed by atoms with Gasteiger partial charge in [-0.3, -0.25) is 0 Å². The fraction of sp³-hybridized carbons (Fsp3) is 0.200. The van der Waals surface area contributed by atoms with Crippen LogP contribution in [0.2, 0.25) is 0 Å². The van der Waals surface area contributed by atoms with E-state index in [1.165, 1.54) is 6.07 Å². The minimum atomic E-state index is -1.01. The number of methoxy groups -OCH3 is 1. The van der Waals surface area contributed by atoms with Crippen molar-refractivity contribution in [1.29, 1.82) is 0 Å². The molecule has 110 valence electrons. The number of hydrogen-bond donors (Lipinski definition) is 2. The number of halogens is 1. The van der Waals surface area contributed by atoms with Gasteiger partial charge in [0.1, 0.15) is 17.1 Å². The highest BCUT2D eigenvalue weighted by atomic mass is 79.9. The molecule has 1 aromatic carbocycles. The average Bonchev–Trinajstić information content (AvgIpc) is 2.49. The molecule has 0 aliphatic heterocycles. The van der Waals surface area contributed by atoms with E-state index in [1.807, 2.05) is 24.3 Å². The van der Waals surface area contributed by atoms with Crippen LogP contribution in [0.5, 0.6) is 5.75 Å². The molecule has 6 heteroatoms. The van der Waals surface area contributed by atoms with Gasteiger partial charge in [0.15, 0.2) is 0 Å². The van der Waals surface area contributed by atoms with Gasteiger partial charge in [0.05, 0.1) is 7.11 Å². The molecule has 0 aliphatic rings. The van der Waals surface area contributed by atoms with Gasteiger partial charge in [-0.1, -0.05) is 18.2 Å². The van der Waals surface area contributed by atoms with Crippen LogP contribution in [0.3, 0.4) is 0 Å². The summed E-state index contributed by atoms with van der Waals surface area (Å²) in [6.45, 7) is 0.565. The zero-order valence-corrected chi connectivity index (χ0v) is 13.1. The maximum Gasteiger partial charge on any atom is 0.339 e. The van der Waals surface area contributed by atoms with Crippen molar-refractivity contribution in [1.82, 2.24) is 4.98 Å². The molecule has 0 amide bonds. The van der Waals surface area contributed by atoms with Crippen molar-refractivity contribution in [3.05, 3.63) is 52.1 Å². The van der Waals surface area contributed by atoms with Crippen LogP contribution in [-0.4, -0.2) is 29.7 Å². The van der Waals surface area contributed by atoms with E-state index in [-0.39, 0.29) is 5.56 Å². The topological polar surface area (TPSA) is 71.5 Å². The van der Waals surface area contributed by atoms with Gasteiger partial charge in [0.25, 0.3) is 0 Å². The van der Waals surface area contributed by atoms with E-state index < -0.39 is 5.97 Å². The molecule has 0 saturated heterocycles. The van der Waals surface area contributed by atoms with E-state index in [2.05, 4.69) is 26.2 Å². The predicted octanol–water partition coefficient (Wildman–Crippen LogP) is 3.21. The highest BCUT2D eigenvalue weighted by Crippen LogP contribution is 2.20. The van der Waals surface area contributed by atoms with Gasteiger partial charge >= 0.3 is 5.97 Å². The minimum absolute atomic E-state index is 0.143. The number of rotatable bonds is 6. The normalized spacial score (nSPS) is 10.2. The Bertz CT molecular complexity index is 647. The molecule has 2 rings (SSSR count). The van der Waals surface area contributed by atoms with Crippen LogP contribution >= 0.6 is 15.9 Å². The van der Waals surface area contributed by atoms with E-state index in [0.717, 1.165) is 11.3 Å². The van der Waals surface area contributed by atoms with E-state index >= 15 is 0 Å². The van der Waals surface area contributed by atoms with Crippen LogP contribution in [-0.2, 0) is 6.42 Å². The highest BCUT2D eigenvalue weighted by molar-refractivity contribution is 9.10. The van der Waals surface area contributed by atoms with Gasteiger partial charge < -0.3 is 15.2 Å². The van der Waals surface area contributed by atoms with Crippen molar-refractivity contribution >= 4 is 27.7 Å². The molecule has 0 fully saturated rings. The number of nitrogens with zero attached hydrogens (tertiary/aromatic N) is 1. The Labute approximate surface area is 131 Å². The zero-order valence-electron chi connectivity index (χ0n) is 11.5. The lowest BCUT2D eigenvalue weighted by Crippen LogP contribution is -2.11. The van der Waals surface area contributed by atoms with Crippen molar-refractivity contribution in [2.45, 2.75) is 6.42 Å². The lowest BCUT2D eigenvalue weighted by molar-refractivity contribution is 0.0697. The molecule has 0 atom stereocenters. The second-order valence-corrected chi connectivity index (χ2v) is 5.26. The van der Waals surface area contributed by atoms with Gasteiger partial charge in [-0.15, -0.1) is 0 Å². The first-order valence-electron chi connectivity index (χ1n) is 6.36. The van der Waals surface area contributed by atoms with Crippen LogP contribution in [0, 0.1) is 0 Å². The summed E-state index contributed by atoms with van der Waals surface area (Å²) in [7, 11) is 1.63. The molecule has 0 spiro atoms. The molecule has 0 bridgehead atoms.